The summed E-state index contributed by atoms with van der Waals surface area (Å²) in [6.45, 7) is 3.00. The Kier molecular flexibility index (Phi) is 5.85. The second kappa shape index (κ2) is 8.69. The van der Waals surface area contributed by atoms with Crippen molar-refractivity contribution in [2.75, 3.05) is 19.8 Å². The lowest BCUT2D eigenvalue weighted by atomic mass is 9.95. The first kappa shape index (κ1) is 19.5. The molecule has 2 aliphatic heterocycles. The summed E-state index contributed by atoms with van der Waals surface area (Å²) in [7, 11) is 0. The standard InChI is InChI=1S/C22H24F2N4O/c23-19-5-1-16(2-6-19)13-21(29)28-15-25-22(26-28)18-9-11-27(12-10-18)14-17-3-7-20(24)8-4-17/h1-8,18H,9-15H2,(H,25,26). The summed E-state index contributed by atoms with van der Waals surface area (Å²) in [5.74, 6) is 0.583. The van der Waals surface area contributed by atoms with Crippen LogP contribution in [-0.2, 0) is 17.8 Å². The Morgan fingerprint density at radius 1 is 0.966 bits per heavy atom. The van der Waals surface area contributed by atoms with Crippen molar-refractivity contribution in [2.45, 2.75) is 25.8 Å². The molecule has 1 amide bonds. The molecule has 0 radical (unpaired) electrons. The van der Waals surface area contributed by atoms with E-state index >= 15 is 0 Å². The van der Waals surface area contributed by atoms with Crippen molar-refractivity contribution < 1.29 is 13.6 Å². The van der Waals surface area contributed by atoms with Gasteiger partial charge in [0, 0.05) is 12.5 Å². The minimum Gasteiger partial charge on any atom is -0.299 e. The second-order valence-corrected chi connectivity index (χ2v) is 7.60. The molecule has 7 heteroatoms. The van der Waals surface area contributed by atoms with E-state index in [1.807, 2.05) is 12.1 Å². The lowest BCUT2D eigenvalue weighted by molar-refractivity contribution is -0.131. The average molecular weight is 398 g/mol. The van der Waals surface area contributed by atoms with Gasteiger partial charge in [-0.25, -0.2) is 18.8 Å². The van der Waals surface area contributed by atoms with E-state index in [-0.39, 0.29) is 24.0 Å². The van der Waals surface area contributed by atoms with Crippen LogP contribution in [0.1, 0.15) is 24.0 Å². The van der Waals surface area contributed by atoms with Gasteiger partial charge in [-0.1, -0.05) is 24.3 Å². The van der Waals surface area contributed by atoms with E-state index in [4.69, 9.17) is 0 Å². The van der Waals surface area contributed by atoms with Crippen molar-refractivity contribution in [3.63, 3.8) is 0 Å². The van der Waals surface area contributed by atoms with Crippen LogP contribution < -0.4 is 5.43 Å². The maximum atomic E-state index is 13.0. The number of amides is 1. The number of amidine groups is 1. The number of benzene rings is 2. The predicted molar refractivity (Wildman–Crippen MR) is 107 cm³/mol. The zero-order valence-electron chi connectivity index (χ0n) is 16.2. The number of halogens is 2. The van der Waals surface area contributed by atoms with Crippen LogP contribution in [0, 0.1) is 17.6 Å². The Hall–Kier alpha value is -2.80. The van der Waals surface area contributed by atoms with Crippen LogP contribution in [0.5, 0.6) is 0 Å². The monoisotopic (exact) mass is 398 g/mol. The van der Waals surface area contributed by atoms with Gasteiger partial charge in [-0.3, -0.25) is 15.1 Å². The number of hydrazine groups is 1. The maximum Gasteiger partial charge on any atom is 0.247 e. The van der Waals surface area contributed by atoms with E-state index in [2.05, 4.69) is 15.3 Å². The van der Waals surface area contributed by atoms with E-state index in [9.17, 15) is 13.6 Å². The number of likely N-dealkylation sites (tertiary alicyclic amines) is 1. The molecule has 4 rings (SSSR count). The highest BCUT2D eigenvalue weighted by molar-refractivity contribution is 5.90. The van der Waals surface area contributed by atoms with Crippen LogP contribution in [0.15, 0.2) is 53.5 Å². The van der Waals surface area contributed by atoms with E-state index in [0.717, 1.165) is 49.4 Å². The van der Waals surface area contributed by atoms with E-state index in [1.54, 1.807) is 12.1 Å². The van der Waals surface area contributed by atoms with Gasteiger partial charge in [-0.2, -0.15) is 0 Å². The number of hydrogen-bond donors (Lipinski definition) is 1. The number of rotatable bonds is 5. The number of carbonyl (C=O) groups is 1. The van der Waals surface area contributed by atoms with Gasteiger partial charge < -0.3 is 0 Å². The van der Waals surface area contributed by atoms with Crippen molar-refractivity contribution >= 4 is 11.7 Å². The molecule has 2 aliphatic rings. The molecule has 0 aliphatic carbocycles. The highest BCUT2D eigenvalue weighted by Crippen LogP contribution is 2.22. The lowest BCUT2D eigenvalue weighted by Crippen LogP contribution is -2.45. The fraction of sp³-hybridized carbons (Fsp3) is 0.364. The SMILES string of the molecule is O=C(Cc1ccc(F)cc1)N1CN=C(C2CCN(Cc3ccc(F)cc3)CC2)N1. The van der Waals surface area contributed by atoms with Gasteiger partial charge >= 0.3 is 0 Å². The largest absolute Gasteiger partial charge is 0.299 e. The fourth-order valence-corrected chi connectivity index (χ4v) is 3.80. The smallest absolute Gasteiger partial charge is 0.247 e. The van der Waals surface area contributed by atoms with Gasteiger partial charge in [0.2, 0.25) is 5.91 Å². The normalized spacial score (nSPS) is 17.9. The van der Waals surface area contributed by atoms with Crippen LogP contribution in [0.3, 0.4) is 0 Å². The molecule has 2 heterocycles. The molecule has 152 valence electrons. The molecule has 1 fully saturated rings. The summed E-state index contributed by atoms with van der Waals surface area (Å²) >= 11 is 0. The molecular weight excluding hydrogens is 374 g/mol. The molecule has 1 N–H and O–H groups in total. The molecule has 0 aromatic heterocycles. The zero-order chi connectivity index (χ0) is 20.2. The summed E-state index contributed by atoms with van der Waals surface area (Å²) in [5.41, 5.74) is 5.05. The first-order valence-electron chi connectivity index (χ1n) is 9.89. The molecule has 0 spiro atoms. The van der Waals surface area contributed by atoms with Crippen molar-refractivity contribution in [1.29, 1.82) is 0 Å². The van der Waals surface area contributed by atoms with Gasteiger partial charge in [-0.05, 0) is 61.3 Å². The third kappa shape index (κ3) is 4.98. The van der Waals surface area contributed by atoms with Crippen LogP contribution in [0.2, 0.25) is 0 Å². The minimum absolute atomic E-state index is 0.0795. The molecular formula is C22H24F2N4O. The van der Waals surface area contributed by atoms with Gasteiger partial charge in [0.15, 0.2) is 0 Å². The highest BCUT2D eigenvalue weighted by atomic mass is 19.1. The van der Waals surface area contributed by atoms with Gasteiger partial charge in [-0.15, -0.1) is 0 Å². The van der Waals surface area contributed by atoms with Crippen molar-refractivity contribution in [3.05, 3.63) is 71.3 Å². The Labute approximate surface area is 169 Å². The topological polar surface area (TPSA) is 47.9 Å². The van der Waals surface area contributed by atoms with Gasteiger partial charge in [0.05, 0.1) is 6.42 Å². The Bertz CT molecular complexity index is 875. The maximum absolute atomic E-state index is 13.0. The van der Waals surface area contributed by atoms with Crippen LogP contribution >= 0.6 is 0 Å². The molecule has 0 bridgehead atoms. The number of aliphatic imine (C=N–C) groups is 1. The molecule has 0 atom stereocenters. The van der Waals surface area contributed by atoms with Crippen LogP contribution in [-0.4, -0.2) is 41.4 Å². The lowest BCUT2D eigenvalue weighted by Gasteiger charge is -2.32. The number of nitrogens with zero attached hydrogens (tertiary/aromatic N) is 3. The molecule has 2 aromatic rings. The number of carbonyl (C=O) groups excluding carboxylic acids is 1. The minimum atomic E-state index is -0.308. The zero-order valence-corrected chi connectivity index (χ0v) is 16.2. The first-order valence-corrected chi connectivity index (χ1v) is 9.89. The predicted octanol–water partition coefficient (Wildman–Crippen LogP) is 3.12. The molecule has 1 saturated heterocycles. The number of hydrogen-bond acceptors (Lipinski definition) is 4. The van der Waals surface area contributed by atoms with Gasteiger partial charge in [0.25, 0.3) is 0 Å². The molecule has 29 heavy (non-hydrogen) atoms. The highest BCUT2D eigenvalue weighted by Gasteiger charge is 2.29. The summed E-state index contributed by atoms with van der Waals surface area (Å²) in [5, 5.41) is 1.53. The quantitative estimate of drug-likeness (QED) is 0.842. The van der Waals surface area contributed by atoms with E-state index in [0.29, 0.717) is 12.6 Å². The summed E-state index contributed by atoms with van der Waals surface area (Å²) in [6.07, 6.45) is 2.15. The Morgan fingerprint density at radius 3 is 2.17 bits per heavy atom. The first-order chi connectivity index (χ1) is 14.1. The molecule has 0 unspecified atom stereocenters. The second-order valence-electron chi connectivity index (χ2n) is 7.60. The third-order valence-corrected chi connectivity index (χ3v) is 5.50. The third-order valence-electron chi connectivity index (χ3n) is 5.50. The van der Waals surface area contributed by atoms with Gasteiger partial charge in [0.1, 0.15) is 24.1 Å². The van der Waals surface area contributed by atoms with Crippen molar-refractivity contribution in [3.8, 4) is 0 Å². The summed E-state index contributed by atoms with van der Waals surface area (Å²) in [6, 6.07) is 12.6. The average Bonchev–Trinajstić information content (AvgIpc) is 3.22. The van der Waals surface area contributed by atoms with Crippen LogP contribution in [0.4, 0.5) is 8.78 Å². The molecule has 2 aromatic carbocycles. The van der Waals surface area contributed by atoms with Crippen molar-refractivity contribution in [2.24, 2.45) is 10.9 Å². The number of piperidine rings is 1. The van der Waals surface area contributed by atoms with Crippen LogP contribution in [0.25, 0.3) is 0 Å². The van der Waals surface area contributed by atoms with Crippen molar-refractivity contribution in [1.82, 2.24) is 15.3 Å². The van der Waals surface area contributed by atoms with E-state index < -0.39 is 0 Å². The number of nitrogens with one attached hydrogen (secondary N) is 1. The summed E-state index contributed by atoms with van der Waals surface area (Å²) in [4.78, 5) is 19.4. The summed E-state index contributed by atoms with van der Waals surface area (Å²) < 4.78 is 26.0. The Balaban J connectivity index is 1.24. The van der Waals surface area contributed by atoms with E-state index in [1.165, 1.54) is 29.3 Å². The Morgan fingerprint density at radius 2 is 1.55 bits per heavy atom. The molecule has 0 saturated carbocycles. The fourth-order valence-electron chi connectivity index (χ4n) is 3.80. The molecule has 5 nitrogen and oxygen atoms in total.